The Hall–Kier alpha value is -2.11. The minimum atomic E-state index is -0.303. The Labute approximate surface area is 142 Å². The minimum Gasteiger partial charge on any atom is -0.339 e. The summed E-state index contributed by atoms with van der Waals surface area (Å²) in [6.45, 7) is 0. The van der Waals surface area contributed by atoms with Gasteiger partial charge in [-0.2, -0.15) is 0 Å². The smallest absolute Gasteiger partial charge is 0.163 e. The van der Waals surface area contributed by atoms with Crippen molar-refractivity contribution in [2.24, 2.45) is 0 Å². The molecule has 0 bridgehead atoms. The fourth-order valence-corrected chi connectivity index (χ4v) is 2.83. The Balaban J connectivity index is 1.96. The number of nitrogens with one attached hydrogen (secondary N) is 1. The topological polar surface area (TPSA) is 37.8 Å². The summed E-state index contributed by atoms with van der Waals surface area (Å²) in [4.78, 5) is 9.77. The fraction of sp³-hybridized carbons (Fsp3) is 0.0588. The standard InChI is InChI=1S/C17H13ClFN3S/c1-23-14-5-3-2-4-13(14)20-16-10-15(18)21-17(22-16)11-6-8-12(19)9-7-11/h2-10H,1H3,(H,20,21,22). The zero-order valence-corrected chi connectivity index (χ0v) is 13.8. The van der Waals surface area contributed by atoms with Gasteiger partial charge < -0.3 is 5.32 Å². The van der Waals surface area contributed by atoms with E-state index in [2.05, 4.69) is 15.3 Å². The van der Waals surface area contributed by atoms with E-state index in [0.29, 0.717) is 22.4 Å². The van der Waals surface area contributed by atoms with E-state index in [1.54, 1.807) is 30.0 Å². The summed E-state index contributed by atoms with van der Waals surface area (Å²) in [6.07, 6.45) is 2.01. The number of aromatic nitrogens is 2. The van der Waals surface area contributed by atoms with Gasteiger partial charge in [-0.05, 0) is 42.7 Å². The number of rotatable bonds is 4. The van der Waals surface area contributed by atoms with Crippen LogP contribution in [-0.4, -0.2) is 16.2 Å². The summed E-state index contributed by atoms with van der Waals surface area (Å²) >= 11 is 7.74. The number of anilines is 2. The van der Waals surface area contributed by atoms with Crippen LogP contribution in [0.25, 0.3) is 11.4 Å². The summed E-state index contributed by atoms with van der Waals surface area (Å²) in [5.74, 6) is 0.732. The summed E-state index contributed by atoms with van der Waals surface area (Å²) in [5, 5.41) is 3.58. The Morgan fingerprint density at radius 2 is 1.78 bits per heavy atom. The van der Waals surface area contributed by atoms with Gasteiger partial charge in [-0.3, -0.25) is 0 Å². The second kappa shape index (κ2) is 6.98. The van der Waals surface area contributed by atoms with Crippen molar-refractivity contribution in [3.8, 4) is 11.4 Å². The first-order chi connectivity index (χ1) is 11.2. The molecule has 6 heteroatoms. The highest BCUT2D eigenvalue weighted by atomic mass is 35.5. The Morgan fingerprint density at radius 3 is 2.52 bits per heavy atom. The third-order valence-electron chi connectivity index (χ3n) is 3.17. The Kier molecular flexibility index (Phi) is 4.79. The number of para-hydroxylation sites is 1. The number of thioether (sulfide) groups is 1. The molecule has 0 fully saturated rings. The van der Waals surface area contributed by atoms with Crippen molar-refractivity contribution in [2.45, 2.75) is 4.90 Å². The van der Waals surface area contributed by atoms with Crippen LogP contribution in [0.2, 0.25) is 5.15 Å². The molecule has 0 aliphatic rings. The lowest BCUT2D eigenvalue weighted by atomic mass is 10.2. The van der Waals surface area contributed by atoms with E-state index in [-0.39, 0.29) is 5.82 Å². The quantitative estimate of drug-likeness (QED) is 0.507. The molecule has 0 aliphatic heterocycles. The second-order valence-electron chi connectivity index (χ2n) is 4.73. The third-order valence-corrected chi connectivity index (χ3v) is 4.16. The van der Waals surface area contributed by atoms with Gasteiger partial charge in [-0.1, -0.05) is 23.7 Å². The first-order valence-electron chi connectivity index (χ1n) is 6.86. The van der Waals surface area contributed by atoms with E-state index in [4.69, 9.17) is 11.6 Å². The molecule has 3 rings (SSSR count). The molecule has 116 valence electrons. The van der Waals surface area contributed by atoms with Gasteiger partial charge >= 0.3 is 0 Å². The SMILES string of the molecule is CSc1ccccc1Nc1cc(Cl)nc(-c2ccc(F)cc2)n1. The van der Waals surface area contributed by atoms with E-state index in [9.17, 15) is 4.39 Å². The van der Waals surface area contributed by atoms with Crippen LogP contribution in [0.4, 0.5) is 15.9 Å². The van der Waals surface area contributed by atoms with Crippen molar-refractivity contribution in [3.05, 3.63) is 65.6 Å². The number of halogens is 2. The summed E-state index contributed by atoms with van der Waals surface area (Å²) in [7, 11) is 0. The highest BCUT2D eigenvalue weighted by Crippen LogP contribution is 2.28. The van der Waals surface area contributed by atoms with Crippen molar-refractivity contribution >= 4 is 34.9 Å². The normalized spacial score (nSPS) is 10.6. The van der Waals surface area contributed by atoms with Crippen molar-refractivity contribution in [1.82, 2.24) is 9.97 Å². The van der Waals surface area contributed by atoms with Crippen LogP contribution in [0.3, 0.4) is 0 Å². The van der Waals surface area contributed by atoms with Crippen molar-refractivity contribution in [3.63, 3.8) is 0 Å². The maximum atomic E-state index is 13.1. The van der Waals surface area contributed by atoms with Gasteiger partial charge in [0.05, 0.1) is 5.69 Å². The van der Waals surface area contributed by atoms with Gasteiger partial charge in [0.1, 0.15) is 16.8 Å². The predicted octanol–water partition coefficient (Wildman–Crippen LogP) is 5.40. The molecule has 0 radical (unpaired) electrons. The second-order valence-corrected chi connectivity index (χ2v) is 5.97. The highest BCUT2D eigenvalue weighted by molar-refractivity contribution is 7.98. The van der Waals surface area contributed by atoms with Crippen LogP contribution >= 0.6 is 23.4 Å². The number of nitrogens with zero attached hydrogens (tertiary/aromatic N) is 2. The fourth-order valence-electron chi connectivity index (χ4n) is 2.10. The van der Waals surface area contributed by atoms with Gasteiger partial charge in [-0.25, -0.2) is 14.4 Å². The van der Waals surface area contributed by atoms with Gasteiger partial charge in [0, 0.05) is 16.5 Å². The summed E-state index contributed by atoms with van der Waals surface area (Å²) in [6, 6.07) is 15.6. The monoisotopic (exact) mass is 345 g/mol. The molecule has 0 atom stereocenters. The molecular formula is C17H13ClFN3S. The molecule has 1 N–H and O–H groups in total. The van der Waals surface area contributed by atoms with Gasteiger partial charge in [0.25, 0.3) is 0 Å². The molecule has 3 aromatic rings. The summed E-state index contributed by atoms with van der Waals surface area (Å²) in [5.41, 5.74) is 1.65. The first-order valence-corrected chi connectivity index (χ1v) is 8.46. The average molecular weight is 346 g/mol. The summed E-state index contributed by atoms with van der Waals surface area (Å²) < 4.78 is 13.1. The number of hydrogen-bond acceptors (Lipinski definition) is 4. The number of hydrogen-bond donors (Lipinski definition) is 1. The van der Waals surface area contributed by atoms with Crippen molar-refractivity contribution in [1.29, 1.82) is 0 Å². The lowest BCUT2D eigenvalue weighted by Gasteiger charge is -2.11. The molecule has 0 unspecified atom stereocenters. The predicted molar refractivity (Wildman–Crippen MR) is 93.9 cm³/mol. The van der Waals surface area contributed by atoms with Crippen LogP contribution < -0.4 is 5.32 Å². The molecule has 23 heavy (non-hydrogen) atoms. The van der Waals surface area contributed by atoms with E-state index in [1.165, 1.54) is 12.1 Å². The zero-order chi connectivity index (χ0) is 16.2. The van der Waals surface area contributed by atoms with Gasteiger partial charge in [0.2, 0.25) is 0 Å². The molecule has 1 aromatic heterocycles. The molecule has 0 amide bonds. The largest absolute Gasteiger partial charge is 0.339 e. The lowest BCUT2D eigenvalue weighted by molar-refractivity contribution is 0.628. The van der Waals surface area contributed by atoms with Crippen molar-refractivity contribution < 1.29 is 4.39 Å². The molecule has 0 saturated heterocycles. The van der Waals surface area contributed by atoms with Crippen LogP contribution in [0.1, 0.15) is 0 Å². The van der Waals surface area contributed by atoms with E-state index in [1.807, 2.05) is 30.5 Å². The van der Waals surface area contributed by atoms with Gasteiger partial charge in [-0.15, -0.1) is 11.8 Å². The van der Waals surface area contributed by atoms with E-state index < -0.39 is 0 Å². The van der Waals surface area contributed by atoms with Crippen molar-refractivity contribution in [2.75, 3.05) is 11.6 Å². The van der Waals surface area contributed by atoms with Crippen LogP contribution in [0.15, 0.2) is 59.5 Å². The maximum absolute atomic E-state index is 13.1. The lowest BCUT2D eigenvalue weighted by Crippen LogP contribution is -1.98. The first kappa shape index (κ1) is 15.8. The maximum Gasteiger partial charge on any atom is 0.163 e. The molecule has 0 saturated carbocycles. The minimum absolute atomic E-state index is 0.303. The average Bonchev–Trinajstić information content (AvgIpc) is 2.55. The molecule has 2 aromatic carbocycles. The van der Waals surface area contributed by atoms with Crippen LogP contribution in [0.5, 0.6) is 0 Å². The van der Waals surface area contributed by atoms with E-state index >= 15 is 0 Å². The molecular weight excluding hydrogens is 333 g/mol. The molecule has 1 heterocycles. The zero-order valence-electron chi connectivity index (χ0n) is 12.3. The highest BCUT2D eigenvalue weighted by Gasteiger charge is 2.08. The molecule has 3 nitrogen and oxygen atoms in total. The van der Waals surface area contributed by atoms with Crippen LogP contribution in [0, 0.1) is 5.82 Å². The van der Waals surface area contributed by atoms with E-state index in [0.717, 1.165) is 10.6 Å². The van der Waals surface area contributed by atoms with Gasteiger partial charge in [0.15, 0.2) is 5.82 Å². The Morgan fingerprint density at radius 1 is 1.04 bits per heavy atom. The Bertz CT molecular complexity index is 824. The molecule has 0 aliphatic carbocycles. The molecule has 0 spiro atoms. The number of benzene rings is 2. The third kappa shape index (κ3) is 3.81. The van der Waals surface area contributed by atoms with Crippen LogP contribution in [-0.2, 0) is 0 Å².